The number of carbonyl (C=O) groups excluding carboxylic acids is 2. The minimum atomic E-state index is -5.02. The average Bonchev–Trinajstić information content (AvgIpc) is 2.99. The van der Waals surface area contributed by atoms with Crippen molar-refractivity contribution in [2.24, 2.45) is 11.3 Å². The molecule has 0 unspecified atom stereocenters. The highest BCUT2D eigenvalue weighted by molar-refractivity contribution is 7.17. The Bertz CT molecular complexity index is 956. The molecule has 2 amide bonds. The topological polar surface area (TPSA) is 58.2 Å². The Hall–Kier alpha value is -2.35. The van der Waals surface area contributed by atoms with Crippen molar-refractivity contribution in [2.45, 2.75) is 53.1 Å². The van der Waals surface area contributed by atoms with E-state index in [1.807, 2.05) is 24.4 Å². The minimum Gasteiger partial charge on any atom is -0.322 e. The van der Waals surface area contributed by atoms with Crippen LogP contribution in [-0.4, -0.2) is 18.0 Å². The highest BCUT2D eigenvalue weighted by Gasteiger charge is 2.41. The summed E-state index contributed by atoms with van der Waals surface area (Å²) in [6, 6.07) is 7.13. The van der Waals surface area contributed by atoms with Crippen molar-refractivity contribution in [3.8, 4) is 0 Å². The largest absolute Gasteiger partial charge is 0.471 e. The van der Waals surface area contributed by atoms with Gasteiger partial charge in [-0.25, -0.2) is 0 Å². The maximum atomic E-state index is 13.0. The molecule has 1 aliphatic rings. The number of fused-ring (bicyclic) bond motifs is 1. The van der Waals surface area contributed by atoms with Crippen molar-refractivity contribution in [3.05, 3.63) is 45.8 Å². The number of alkyl halides is 3. The molecule has 1 atom stereocenters. The molecule has 0 aliphatic heterocycles. The second kappa shape index (κ2) is 8.06. The molecule has 0 saturated carbocycles. The molecule has 4 nitrogen and oxygen atoms in total. The molecule has 0 spiro atoms. The second-order valence-corrected chi connectivity index (χ2v) is 9.89. The molecule has 3 rings (SSSR count). The second-order valence-electron chi connectivity index (χ2n) is 8.79. The highest BCUT2D eigenvalue weighted by atomic mass is 32.1. The molecular formula is C22H25F3N2O2S. The molecule has 0 fully saturated rings. The third kappa shape index (κ3) is 4.86. The van der Waals surface area contributed by atoms with E-state index in [9.17, 15) is 22.8 Å². The number of thiophene rings is 1. The van der Waals surface area contributed by atoms with Crippen molar-refractivity contribution in [1.82, 2.24) is 0 Å². The van der Waals surface area contributed by atoms with E-state index in [2.05, 4.69) is 26.1 Å². The fourth-order valence-corrected chi connectivity index (χ4v) is 4.98. The van der Waals surface area contributed by atoms with E-state index >= 15 is 0 Å². The molecule has 0 saturated heterocycles. The predicted octanol–water partition coefficient (Wildman–Crippen LogP) is 5.96. The first-order chi connectivity index (χ1) is 13.9. The Balaban J connectivity index is 1.97. The zero-order chi connectivity index (χ0) is 22.3. The number of rotatable bonds is 3. The maximum Gasteiger partial charge on any atom is 0.471 e. The van der Waals surface area contributed by atoms with Gasteiger partial charge in [-0.2, -0.15) is 13.2 Å². The van der Waals surface area contributed by atoms with Gasteiger partial charge in [0, 0.05) is 10.6 Å². The van der Waals surface area contributed by atoms with E-state index < -0.39 is 18.0 Å². The lowest BCUT2D eigenvalue weighted by molar-refractivity contribution is -0.167. The average molecular weight is 439 g/mol. The van der Waals surface area contributed by atoms with Crippen molar-refractivity contribution < 1.29 is 22.8 Å². The lowest BCUT2D eigenvalue weighted by Gasteiger charge is -2.33. The zero-order valence-corrected chi connectivity index (χ0v) is 18.2. The van der Waals surface area contributed by atoms with E-state index in [1.54, 1.807) is 12.1 Å². The third-order valence-electron chi connectivity index (χ3n) is 5.51. The van der Waals surface area contributed by atoms with Gasteiger partial charge in [0.15, 0.2) is 0 Å². The van der Waals surface area contributed by atoms with Gasteiger partial charge < -0.3 is 10.6 Å². The normalized spacial score (nSPS) is 16.7. The Labute approximate surface area is 177 Å². The van der Waals surface area contributed by atoms with Gasteiger partial charge in [0.25, 0.3) is 5.91 Å². The van der Waals surface area contributed by atoms with Crippen LogP contribution < -0.4 is 10.6 Å². The van der Waals surface area contributed by atoms with Gasteiger partial charge in [0.05, 0.1) is 5.56 Å². The summed E-state index contributed by atoms with van der Waals surface area (Å²) in [5, 5.41) is 4.64. The molecular weight excluding hydrogens is 413 g/mol. The van der Waals surface area contributed by atoms with E-state index in [0.29, 0.717) is 24.4 Å². The van der Waals surface area contributed by atoms with Crippen molar-refractivity contribution in [2.75, 3.05) is 10.6 Å². The number of anilines is 2. The number of aryl methyl sites for hydroxylation is 1. The molecule has 162 valence electrons. The van der Waals surface area contributed by atoms with Crippen LogP contribution in [0.15, 0.2) is 24.3 Å². The van der Waals surface area contributed by atoms with E-state index in [-0.39, 0.29) is 16.0 Å². The Morgan fingerprint density at radius 2 is 1.70 bits per heavy atom. The van der Waals surface area contributed by atoms with E-state index in [1.165, 1.54) is 0 Å². The summed E-state index contributed by atoms with van der Waals surface area (Å²) in [6.45, 7) is 8.31. The van der Waals surface area contributed by atoms with E-state index in [4.69, 9.17) is 0 Å². The number of benzene rings is 1. The van der Waals surface area contributed by atoms with Crippen molar-refractivity contribution in [3.63, 3.8) is 0 Å². The summed E-state index contributed by atoms with van der Waals surface area (Å²) >= 11 is 1.07. The lowest BCUT2D eigenvalue weighted by atomic mass is 9.72. The van der Waals surface area contributed by atoms with Crippen LogP contribution in [0.2, 0.25) is 0 Å². The van der Waals surface area contributed by atoms with Gasteiger partial charge in [-0.3, -0.25) is 9.59 Å². The van der Waals surface area contributed by atoms with Gasteiger partial charge in [0.2, 0.25) is 0 Å². The van der Waals surface area contributed by atoms with Gasteiger partial charge in [-0.1, -0.05) is 38.5 Å². The first-order valence-electron chi connectivity index (χ1n) is 9.77. The van der Waals surface area contributed by atoms with Gasteiger partial charge >= 0.3 is 12.1 Å². The molecule has 1 aliphatic carbocycles. The minimum absolute atomic E-state index is 0.0403. The van der Waals surface area contributed by atoms with Crippen LogP contribution >= 0.6 is 11.3 Å². The first-order valence-corrected chi connectivity index (χ1v) is 10.6. The molecule has 2 aromatic rings. The SMILES string of the molecule is Cc1ccc(NC(=O)c2c(NC(=O)C(F)(F)F)sc3c2CC[C@@H](C(C)(C)C)C3)cc1. The molecule has 1 aromatic carbocycles. The third-order valence-corrected chi connectivity index (χ3v) is 6.68. The summed E-state index contributed by atoms with van der Waals surface area (Å²) in [5.41, 5.74) is 2.49. The Kier molecular flexibility index (Phi) is 6.00. The van der Waals surface area contributed by atoms with Gasteiger partial charge in [-0.05, 0) is 55.2 Å². The monoisotopic (exact) mass is 438 g/mol. The number of carbonyl (C=O) groups is 2. The van der Waals surface area contributed by atoms with Crippen LogP contribution in [0, 0.1) is 18.3 Å². The van der Waals surface area contributed by atoms with Gasteiger partial charge in [0.1, 0.15) is 5.00 Å². The maximum absolute atomic E-state index is 13.0. The van der Waals surface area contributed by atoms with Crippen molar-refractivity contribution >= 4 is 33.8 Å². The Morgan fingerprint density at radius 3 is 2.27 bits per heavy atom. The summed E-state index contributed by atoms with van der Waals surface area (Å²) in [4.78, 5) is 25.5. The molecule has 8 heteroatoms. The van der Waals surface area contributed by atoms with Crippen LogP contribution in [0.1, 0.15) is 53.6 Å². The first kappa shape index (κ1) is 22.3. The van der Waals surface area contributed by atoms with Crippen LogP contribution in [0.5, 0.6) is 0 Å². The summed E-state index contributed by atoms with van der Waals surface area (Å²) in [7, 11) is 0. The molecule has 30 heavy (non-hydrogen) atoms. The lowest BCUT2D eigenvalue weighted by Crippen LogP contribution is -2.30. The number of amides is 2. The fraction of sp³-hybridized carbons (Fsp3) is 0.455. The van der Waals surface area contributed by atoms with Crippen LogP contribution in [0.3, 0.4) is 0 Å². The Morgan fingerprint density at radius 1 is 1.07 bits per heavy atom. The van der Waals surface area contributed by atoms with Gasteiger partial charge in [-0.15, -0.1) is 11.3 Å². The smallest absolute Gasteiger partial charge is 0.322 e. The molecule has 0 radical (unpaired) electrons. The molecule has 1 heterocycles. The predicted molar refractivity (Wildman–Crippen MR) is 113 cm³/mol. The van der Waals surface area contributed by atoms with Crippen LogP contribution in [0.25, 0.3) is 0 Å². The number of nitrogens with one attached hydrogen (secondary N) is 2. The summed E-state index contributed by atoms with van der Waals surface area (Å²) < 4.78 is 38.5. The fourth-order valence-electron chi connectivity index (χ4n) is 3.66. The molecule has 2 N–H and O–H groups in total. The summed E-state index contributed by atoms with van der Waals surface area (Å²) in [5.74, 6) is -2.23. The number of halogens is 3. The van der Waals surface area contributed by atoms with Crippen LogP contribution in [-0.2, 0) is 17.6 Å². The standard InChI is InChI=1S/C22H25F3N2O2S/c1-12-5-8-14(9-6-12)26-18(28)17-15-10-7-13(21(2,3)4)11-16(15)30-19(17)27-20(29)22(23,24)25/h5-6,8-9,13H,7,10-11H2,1-4H3,(H,26,28)(H,27,29)/t13-/m1/s1. The molecule has 1 aromatic heterocycles. The zero-order valence-electron chi connectivity index (χ0n) is 17.4. The van der Waals surface area contributed by atoms with Crippen molar-refractivity contribution in [1.29, 1.82) is 0 Å². The van der Waals surface area contributed by atoms with Crippen LogP contribution in [0.4, 0.5) is 23.9 Å². The molecule has 0 bridgehead atoms. The number of hydrogen-bond acceptors (Lipinski definition) is 3. The number of hydrogen-bond donors (Lipinski definition) is 2. The van der Waals surface area contributed by atoms with E-state index in [0.717, 1.165) is 33.8 Å². The summed E-state index contributed by atoms with van der Waals surface area (Å²) in [6.07, 6.45) is -2.92. The quantitative estimate of drug-likeness (QED) is 0.621. The highest BCUT2D eigenvalue weighted by Crippen LogP contribution is 2.44.